The summed E-state index contributed by atoms with van der Waals surface area (Å²) in [6.07, 6.45) is 6.99. The molecule has 1 atom stereocenters. The topological polar surface area (TPSA) is 90.7 Å². The lowest BCUT2D eigenvalue weighted by atomic mass is 9.77. The van der Waals surface area contributed by atoms with Gasteiger partial charge in [-0.25, -0.2) is 4.52 Å². The van der Waals surface area contributed by atoms with Crippen molar-refractivity contribution >= 4 is 40.6 Å². The number of aromatic nitrogens is 4. The van der Waals surface area contributed by atoms with Crippen LogP contribution in [0.25, 0.3) is 5.52 Å². The zero-order valence-electron chi connectivity index (χ0n) is 17.5. The van der Waals surface area contributed by atoms with Crippen molar-refractivity contribution in [2.45, 2.75) is 42.1 Å². The first-order chi connectivity index (χ1) is 14.9. The van der Waals surface area contributed by atoms with E-state index in [0.29, 0.717) is 22.0 Å². The molecule has 2 N–H and O–H groups in total. The van der Waals surface area contributed by atoms with Crippen molar-refractivity contribution in [2.75, 3.05) is 30.3 Å². The molecule has 0 saturated carbocycles. The summed E-state index contributed by atoms with van der Waals surface area (Å²) >= 11 is 7.77. The van der Waals surface area contributed by atoms with Crippen LogP contribution < -0.4 is 16.2 Å². The standard InChI is InChI=1S/C21H25ClN6O2S/c1-13-11-21(12-30-13)5-9-27(10-6-21)20-25-18(23)17(19(29)26(20)2)31-15-4-8-28-14(16(15)22)3-7-24-28/h3-4,7-8,13H,5-6,9-12,23H2,1-2H3/t13-/m0/s1. The molecule has 5 rings (SSSR count). The smallest absolute Gasteiger partial charge is 0.270 e. The summed E-state index contributed by atoms with van der Waals surface area (Å²) < 4.78 is 9.11. The lowest BCUT2D eigenvalue weighted by molar-refractivity contribution is 0.0974. The molecule has 3 aromatic heterocycles. The fraction of sp³-hybridized carbons (Fsp3) is 0.476. The first-order valence-corrected chi connectivity index (χ1v) is 11.6. The van der Waals surface area contributed by atoms with Crippen LogP contribution in [0.5, 0.6) is 0 Å². The summed E-state index contributed by atoms with van der Waals surface area (Å²) in [6, 6.07) is 3.66. The Labute approximate surface area is 189 Å². The lowest BCUT2D eigenvalue weighted by Gasteiger charge is -2.39. The predicted octanol–water partition coefficient (Wildman–Crippen LogP) is 3.21. The van der Waals surface area contributed by atoms with Crippen LogP contribution in [-0.4, -0.2) is 45.0 Å². The van der Waals surface area contributed by atoms with Gasteiger partial charge in [-0.15, -0.1) is 0 Å². The average Bonchev–Trinajstić information content (AvgIpc) is 3.38. The number of nitrogens with zero attached hydrogens (tertiary/aromatic N) is 5. The molecule has 0 radical (unpaired) electrons. The number of nitrogen functional groups attached to an aromatic ring is 1. The predicted molar refractivity (Wildman–Crippen MR) is 122 cm³/mol. The van der Waals surface area contributed by atoms with Gasteiger partial charge in [0.15, 0.2) is 0 Å². The van der Waals surface area contributed by atoms with Gasteiger partial charge in [-0.1, -0.05) is 23.4 Å². The van der Waals surface area contributed by atoms with Crippen molar-refractivity contribution in [3.63, 3.8) is 0 Å². The molecule has 31 heavy (non-hydrogen) atoms. The number of pyridine rings is 1. The van der Waals surface area contributed by atoms with Crippen LogP contribution in [0.1, 0.15) is 26.2 Å². The number of hydrogen-bond acceptors (Lipinski definition) is 7. The second-order valence-electron chi connectivity index (χ2n) is 8.56. The minimum absolute atomic E-state index is 0.171. The Bertz CT molecular complexity index is 1200. The number of halogens is 1. The highest BCUT2D eigenvalue weighted by Gasteiger charge is 2.41. The highest BCUT2D eigenvalue weighted by molar-refractivity contribution is 7.99. The third-order valence-corrected chi connectivity index (χ3v) is 8.10. The van der Waals surface area contributed by atoms with Gasteiger partial charge < -0.3 is 15.4 Å². The third kappa shape index (κ3) is 3.58. The number of fused-ring (bicyclic) bond motifs is 1. The van der Waals surface area contributed by atoms with E-state index in [4.69, 9.17) is 22.1 Å². The molecule has 2 aliphatic rings. The van der Waals surface area contributed by atoms with Gasteiger partial charge in [-0.3, -0.25) is 9.36 Å². The van der Waals surface area contributed by atoms with Gasteiger partial charge in [0.25, 0.3) is 5.56 Å². The summed E-state index contributed by atoms with van der Waals surface area (Å²) in [7, 11) is 1.75. The van der Waals surface area contributed by atoms with Gasteiger partial charge >= 0.3 is 0 Å². The molecule has 164 valence electrons. The number of nitrogens with two attached hydrogens (primary N) is 1. The number of anilines is 2. The third-order valence-electron chi connectivity index (χ3n) is 6.44. The minimum atomic E-state index is -0.171. The Morgan fingerprint density at radius 3 is 2.81 bits per heavy atom. The molecule has 0 aliphatic carbocycles. The Kier molecular flexibility index (Phi) is 5.15. The van der Waals surface area contributed by atoms with Crippen molar-refractivity contribution in [1.82, 2.24) is 19.2 Å². The van der Waals surface area contributed by atoms with Gasteiger partial charge in [0, 0.05) is 31.2 Å². The van der Waals surface area contributed by atoms with E-state index >= 15 is 0 Å². The van der Waals surface area contributed by atoms with E-state index in [-0.39, 0.29) is 16.8 Å². The van der Waals surface area contributed by atoms with Crippen LogP contribution in [-0.2, 0) is 11.8 Å². The molecule has 2 aliphatic heterocycles. The fourth-order valence-electron chi connectivity index (χ4n) is 4.67. The van der Waals surface area contributed by atoms with Crippen LogP contribution in [0.15, 0.2) is 39.1 Å². The molecule has 0 amide bonds. The molecule has 2 saturated heterocycles. The van der Waals surface area contributed by atoms with Crippen molar-refractivity contribution in [3.05, 3.63) is 39.9 Å². The Hall–Kier alpha value is -2.23. The second-order valence-corrected chi connectivity index (χ2v) is 9.99. The maximum Gasteiger partial charge on any atom is 0.270 e. The zero-order valence-corrected chi connectivity index (χ0v) is 19.1. The Morgan fingerprint density at radius 1 is 1.32 bits per heavy atom. The van der Waals surface area contributed by atoms with E-state index in [1.165, 1.54) is 11.8 Å². The summed E-state index contributed by atoms with van der Waals surface area (Å²) in [5, 5.41) is 4.71. The molecule has 0 bridgehead atoms. The van der Waals surface area contributed by atoms with E-state index < -0.39 is 0 Å². The highest BCUT2D eigenvalue weighted by Crippen LogP contribution is 2.42. The summed E-state index contributed by atoms with van der Waals surface area (Å²) in [6.45, 7) is 4.65. The maximum absolute atomic E-state index is 13.2. The van der Waals surface area contributed by atoms with Crippen LogP contribution in [0, 0.1) is 5.41 Å². The monoisotopic (exact) mass is 460 g/mol. The van der Waals surface area contributed by atoms with Crippen molar-refractivity contribution in [3.8, 4) is 0 Å². The van der Waals surface area contributed by atoms with Crippen LogP contribution in [0.4, 0.5) is 11.8 Å². The molecule has 5 heterocycles. The summed E-state index contributed by atoms with van der Waals surface area (Å²) in [4.78, 5) is 21.1. The van der Waals surface area contributed by atoms with Gasteiger partial charge in [0.1, 0.15) is 10.7 Å². The molecule has 8 nitrogen and oxygen atoms in total. The lowest BCUT2D eigenvalue weighted by Crippen LogP contribution is -2.43. The van der Waals surface area contributed by atoms with Gasteiger partial charge in [0.05, 0.1) is 29.4 Å². The van der Waals surface area contributed by atoms with E-state index in [1.807, 2.05) is 18.3 Å². The number of rotatable bonds is 3. The van der Waals surface area contributed by atoms with Crippen LogP contribution >= 0.6 is 23.4 Å². The molecule has 0 aromatic carbocycles. The molecular formula is C21H25ClN6O2S. The normalized spacial score (nSPS) is 20.7. The summed E-state index contributed by atoms with van der Waals surface area (Å²) in [5.74, 6) is 0.844. The zero-order chi connectivity index (χ0) is 21.8. The van der Waals surface area contributed by atoms with Gasteiger partial charge in [-0.2, -0.15) is 10.1 Å². The molecule has 3 aromatic rings. The van der Waals surface area contributed by atoms with E-state index in [9.17, 15) is 4.79 Å². The first kappa shape index (κ1) is 20.7. The average molecular weight is 461 g/mol. The van der Waals surface area contributed by atoms with E-state index in [0.717, 1.165) is 49.4 Å². The number of ether oxygens (including phenoxy) is 1. The van der Waals surface area contributed by atoms with Gasteiger partial charge in [-0.05, 0) is 43.7 Å². The molecule has 2 fully saturated rings. The van der Waals surface area contributed by atoms with Crippen molar-refractivity contribution in [2.24, 2.45) is 12.5 Å². The molecule has 1 spiro atoms. The number of hydrogen-bond donors (Lipinski definition) is 1. The maximum atomic E-state index is 13.2. The Morgan fingerprint density at radius 2 is 2.10 bits per heavy atom. The van der Waals surface area contributed by atoms with Gasteiger partial charge in [0.2, 0.25) is 5.95 Å². The largest absolute Gasteiger partial charge is 0.382 e. The van der Waals surface area contributed by atoms with E-state index in [2.05, 4.69) is 21.9 Å². The van der Waals surface area contributed by atoms with E-state index in [1.54, 1.807) is 22.3 Å². The van der Waals surface area contributed by atoms with Crippen LogP contribution in [0.2, 0.25) is 5.02 Å². The Balaban J connectivity index is 1.41. The quantitative estimate of drug-likeness (QED) is 0.641. The molecule has 0 unspecified atom stereocenters. The minimum Gasteiger partial charge on any atom is -0.382 e. The first-order valence-electron chi connectivity index (χ1n) is 10.4. The van der Waals surface area contributed by atoms with Crippen LogP contribution in [0.3, 0.4) is 0 Å². The summed E-state index contributed by atoms with van der Waals surface area (Å²) in [5.41, 5.74) is 7.14. The fourth-order valence-corrected chi connectivity index (χ4v) is 5.92. The molecular weight excluding hydrogens is 436 g/mol. The van der Waals surface area contributed by atoms with Crippen molar-refractivity contribution < 1.29 is 4.74 Å². The number of piperidine rings is 1. The molecule has 10 heteroatoms. The highest BCUT2D eigenvalue weighted by atomic mass is 35.5. The second kappa shape index (κ2) is 7.72. The van der Waals surface area contributed by atoms with Crippen molar-refractivity contribution in [1.29, 1.82) is 0 Å². The SMILES string of the molecule is C[C@H]1CC2(CCN(c3nc(N)c(Sc4ccn5nccc5c4Cl)c(=O)n3C)CC2)CO1.